The number of rotatable bonds is 5. The molecule has 0 aromatic heterocycles. The molecule has 2 aliphatic heterocycles. The molecule has 1 saturated heterocycles. The van der Waals surface area contributed by atoms with Gasteiger partial charge in [0.25, 0.3) is 5.91 Å². The molecule has 1 amide bonds. The first-order chi connectivity index (χ1) is 11.7. The van der Waals surface area contributed by atoms with Crippen molar-refractivity contribution in [2.45, 2.75) is 31.8 Å². The number of β-amino-alcohol motifs (C(OH)–C–C–N with tert-alkyl or cyclic N) is 1. The standard InChI is InChI=1S/C18H26N2O4/c21-14(13-20-8-3-1-2-4-9-20)12-19-18(22)15-6-5-7-16-17(15)24-11-10-23-16/h5-7,14,21H,1-4,8-13H2,(H,19,22)/t14-/m0/s1. The van der Waals surface area contributed by atoms with Crippen molar-refractivity contribution < 1.29 is 19.4 Å². The summed E-state index contributed by atoms with van der Waals surface area (Å²) in [5, 5.41) is 13.0. The van der Waals surface area contributed by atoms with Gasteiger partial charge in [0.2, 0.25) is 0 Å². The SMILES string of the molecule is O=C(NC[C@H](O)CN1CCCCCC1)c1cccc2c1OCCO2. The van der Waals surface area contributed by atoms with Gasteiger partial charge in [0.05, 0.1) is 11.7 Å². The minimum atomic E-state index is -0.566. The monoisotopic (exact) mass is 334 g/mol. The van der Waals surface area contributed by atoms with Crippen molar-refractivity contribution in [2.24, 2.45) is 0 Å². The molecule has 1 atom stereocenters. The van der Waals surface area contributed by atoms with Gasteiger partial charge in [-0.1, -0.05) is 18.9 Å². The second-order valence-corrected chi connectivity index (χ2v) is 6.41. The van der Waals surface area contributed by atoms with Crippen molar-refractivity contribution in [2.75, 3.05) is 39.4 Å². The highest BCUT2D eigenvalue weighted by atomic mass is 16.6. The van der Waals surface area contributed by atoms with Gasteiger partial charge in [-0.3, -0.25) is 4.79 Å². The summed E-state index contributed by atoms with van der Waals surface area (Å²) in [5.74, 6) is 0.842. The number of nitrogens with zero attached hydrogens (tertiary/aromatic N) is 1. The Bertz CT molecular complexity index is 556. The summed E-state index contributed by atoms with van der Waals surface area (Å²) in [6.45, 7) is 3.83. The van der Waals surface area contributed by atoms with E-state index in [1.54, 1.807) is 18.2 Å². The molecule has 6 nitrogen and oxygen atoms in total. The van der Waals surface area contributed by atoms with Crippen LogP contribution in [0.15, 0.2) is 18.2 Å². The largest absolute Gasteiger partial charge is 0.486 e. The highest BCUT2D eigenvalue weighted by Gasteiger charge is 2.21. The molecular weight excluding hydrogens is 308 g/mol. The predicted octanol–water partition coefficient (Wildman–Crippen LogP) is 1.42. The normalized spacial score (nSPS) is 19.4. The minimum absolute atomic E-state index is 0.236. The van der Waals surface area contributed by atoms with Gasteiger partial charge in [0.15, 0.2) is 11.5 Å². The molecule has 0 unspecified atom stereocenters. The van der Waals surface area contributed by atoms with Crippen LogP contribution >= 0.6 is 0 Å². The van der Waals surface area contributed by atoms with Crippen LogP contribution in [0.3, 0.4) is 0 Å². The molecule has 6 heteroatoms. The molecule has 24 heavy (non-hydrogen) atoms. The molecule has 1 aromatic rings. The van der Waals surface area contributed by atoms with Crippen LogP contribution < -0.4 is 14.8 Å². The Labute approximate surface area is 142 Å². The second-order valence-electron chi connectivity index (χ2n) is 6.41. The first-order valence-electron chi connectivity index (χ1n) is 8.81. The Hall–Kier alpha value is -1.79. The van der Waals surface area contributed by atoms with Gasteiger partial charge >= 0.3 is 0 Å². The average Bonchev–Trinajstić information content (AvgIpc) is 2.88. The number of para-hydroxylation sites is 1. The molecule has 0 spiro atoms. The summed E-state index contributed by atoms with van der Waals surface area (Å²) in [7, 11) is 0. The highest BCUT2D eigenvalue weighted by molar-refractivity contribution is 5.97. The summed E-state index contributed by atoms with van der Waals surface area (Å²) >= 11 is 0. The molecule has 3 rings (SSSR count). The number of aliphatic hydroxyl groups excluding tert-OH is 1. The van der Waals surface area contributed by atoms with Crippen LogP contribution in [-0.2, 0) is 0 Å². The minimum Gasteiger partial charge on any atom is -0.486 e. The fraction of sp³-hybridized carbons (Fsp3) is 0.611. The number of carbonyl (C=O) groups excluding carboxylic acids is 1. The van der Waals surface area contributed by atoms with E-state index < -0.39 is 6.10 Å². The maximum atomic E-state index is 12.4. The lowest BCUT2D eigenvalue weighted by Crippen LogP contribution is -2.40. The summed E-state index contributed by atoms with van der Waals surface area (Å²) < 4.78 is 11.1. The van der Waals surface area contributed by atoms with Crippen LogP contribution in [0.5, 0.6) is 11.5 Å². The van der Waals surface area contributed by atoms with Crippen LogP contribution in [0, 0.1) is 0 Å². The average molecular weight is 334 g/mol. The van der Waals surface area contributed by atoms with E-state index in [4.69, 9.17) is 9.47 Å². The van der Waals surface area contributed by atoms with E-state index in [1.165, 1.54) is 25.7 Å². The van der Waals surface area contributed by atoms with Gasteiger partial charge in [-0.25, -0.2) is 0 Å². The van der Waals surface area contributed by atoms with Crippen molar-refractivity contribution in [3.05, 3.63) is 23.8 Å². The summed E-state index contributed by atoms with van der Waals surface area (Å²) in [6.07, 6.45) is 4.34. The third-order valence-electron chi connectivity index (χ3n) is 4.48. The van der Waals surface area contributed by atoms with Crippen molar-refractivity contribution >= 4 is 5.91 Å². The summed E-state index contributed by atoms with van der Waals surface area (Å²) in [5.41, 5.74) is 0.453. The first kappa shape index (κ1) is 17.0. The Morgan fingerprint density at radius 1 is 1.17 bits per heavy atom. The maximum Gasteiger partial charge on any atom is 0.255 e. The molecule has 1 aromatic carbocycles. The van der Waals surface area contributed by atoms with Gasteiger partial charge in [-0.05, 0) is 38.1 Å². The van der Waals surface area contributed by atoms with Crippen LogP contribution in [0.1, 0.15) is 36.0 Å². The van der Waals surface area contributed by atoms with Gasteiger partial charge in [-0.15, -0.1) is 0 Å². The Morgan fingerprint density at radius 2 is 1.92 bits per heavy atom. The maximum absolute atomic E-state index is 12.4. The number of fused-ring (bicyclic) bond motifs is 1. The lowest BCUT2D eigenvalue weighted by Gasteiger charge is -2.24. The molecule has 0 aliphatic carbocycles. The number of ether oxygens (including phenoxy) is 2. The van der Waals surface area contributed by atoms with Crippen molar-refractivity contribution in [3.8, 4) is 11.5 Å². The molecule has 0 bridgehead atoms. The number of likely N-dealkylation sites (tertiary alicyclic amines) is 1. The van der Waals surface area contributed by atoms with Gasteiger partial charge in [0.1, 0.15) is 13.2 Å². The van der Waals surface area contributed by atoms with Gasteiger partial charge in [-0.2, -0.15) is 0 Å². The number of carbonyl (C=O) groups is 1. The van der Waals surface area contributed by atoms with Crippen molar-refractivity contribution in [1.82, 2.24) is 10.2 Å². The zero-order valence-electron chi connectivity index (χ0n) is 14.0. The predicted molar refractivity (Wildman–Crippen MR) is 90.7 cm³/mol. The Balaban J connectivity index is 1.52. The van der Waals surface area contributed by atoms with Crippen LogP contribution in [0.25, 0.3) is 0 Å². The quantitative estimate of drug-likeness (QED) is 0.852. The number of aliphatic hydroxyl groups is 1. The summed E-state index contributed by atoms with van der Waals surface area (Å²) in [4.78, 5) is 14.7. The zero-order valence-corrected chi connectivity index (χ0v) is 14.0. The van der Waals surface area contributed by atoms with E-state index in [0.717, 1.165) is 13.1 Å². The third kappa shape index (κ3) is 4.39. The molecule has 0 radical (unpaired) electrons. The molecule has 2 N–H and O–H groups in total. The van der Waals surface area contributed by atoms with E-state index >= 15 is 0 Å². The Kier molecular flexibility index (Phi) is 5.93. The van der Waals surface area contributed by atoms with Crippen LogP contribution in [0.4, 0.5) is 0 Å². The molecule has 2 heterocycles. The molecular formula is C18H26N2O4. The summed E-state index contributed by atoms with van der Waals surface area (Å²) in [6, 6.07) is 5.28. The number of hydrogen-bond donors (Lipinski definition) is 2. The van der Waals surface area contributed by atoms with Gasteiger partial charge < -0.3 is 24.8 Å². The molecule has 132 valence electrons. The number of hydrogen-bond acceptors (Lipinski definition) is 5. The first-order valence-corrected chi connectivity index (χ1v) is 8.81. The molecule has 2 aliphatic rings. The topological polar surface area (TPSA) is 71.0 Å². The van der Waals surface area contributed by atoms with E-state index in [9.17, 15) is 9.90 Å². The zero-order chi connectivity index (χ0) is 16.8. The van der Waals surface area contributed by atoms with E-state index in [0.29, 0.717) is 36.8 Å². The smallest absolute Gasteiger partial charge is 0.255 e. The van der Waals surface area contributed by atoms with Crippen molar-refractivity contribution in [1.29, 1.82) is 0 Å². The number of benzene rings is 1. The Morgan fingerprint density at radius 3 is 2.71 bits per heavy atom. The van der Waals surface area contributed by atoms with E-state index in [1.807, 2.05) is 0 Å². The van der Waals surface area contributed by atoms with Crippen LogP contribution in [-0.4, -0.2) is 61.4 Å². The van der Waals surface area contributed by atoms with E-state index in [2.05, 4.69) is 10.2 Å². The lowest BCUT2D eigenvalue weighted by molar-refractivity contribution is 0.0854. The fourth-order valence-corrected chi connectivity index (χ4v) is 3.24. The van der Waals surface area contributed by atoms with Gasteiger partial charge in [0, 0.05) is 13.1 Å². The third-order valence-corrected chi connectivity index (χ3v) is 4.48. The highest BCUT2D eigenvalue weighted by Crippen LogP contribution is 2.33. The fourth-order valence-electron chi connectivity index (χ4n) is 3.24. The van der Waals surface area contributed by atoms with Crippen molar-refractivity contribution in [3.63, 3.8) is 0 Å². The lowest BCUT2D eigenvalue weighted by atomic mass is 10.1. The second kappa shape index (κ2) is 8.35. The number of amides is 1. The molecule has 1 fully saturated rings. The number of nitrogens with one attached hydrogen (secondary N) is 1. The van der Waals surface area contributed by atoms with Crippen LogP contribution in [0.2, 0.25) is 0 Å². The van der Waals surface area contributed by atoms with E-state index in [-0.39, 0.29) is 12.5 Å². The molecule has 0 saturated carbocycles.